The Hall–Kier alpha value is -2.50. The molecule has 2 amide bonds. The molecule has 1 fully saturated rings. The van der Waals surface area contributed by atoms with Crippen molar-refractivity contribution in [3.8, 4) is 0 Å². The maximum atomic E-state index is 12.9. The number of furan rings is 2. The highest BCUT2D eigenvalue weighted by atomic mass is 16.3. The fourth-order valence-corrected chi connectivity index (χ4v) is 3.29. The number of rotatable bonds is 4. The summed E-state index contributed by atoms with van der Waals surface area (Å²) < 4.78 is 10.7. The molecule has 0 radical (unpaired) electrons. The summed E-state index contributed by atoms with van der Waals surface area (Å²) >= 11 is 0. The van der Waals surface area contributed by atoms with Gasteiger partial charge in [0.05, 0.1) is 17.9 Å². The summed E-state index contributed by atoms with van der Waals surface area (Å²) in [7, 11) is 0. The maximum Gasteiger partial charge on any atom is 0.255 e. The van der Waals surface area contributed by atoms with Crippen LogP contribution in [0.4, 0.5) is 0 Å². The summed E-state index contributed by atoms with van der Waals surface area (Å²) in [5.74, 6) is 1.76. The second-order valence-electron chi connectivity index (χ2n) is 6.83. The molecule has 6 heteroatoms. The maximum absolute atomic E-state index is 12.9. The Morgan fingerprint density at radius 3 is 2.76 bits per heavy atom. The molecule has 0 saturated carbocycles. The zero-order chi connectivity index (χ0) is 18.0. The van der Waals surface area contributed by atoms with E-state index in [1.807, 2.05) is 24.0 Å². The van der Waals surface area contributed by atoms with E-state index in [0.29, 0.717) is 18.0 Å². The lowest BCUT2D eigenvalue weighted by Crippen LogP contribution is -2.50. The van der Waals surface area contributed by atoms with Gasteiger partial charge in [0, 0.05) is 6.54 Å². The van der Waals surface area contributed by atoms with E-state index in [4.69, 9.17) is 8.83 Å². The van der Waals surface area contributed by atoms with Gasteiger partial charge in [-0.3, -0.25) is 9.59 Å². The van der Waals surface area contributed by atoms with Gasteiger partial charge in [0.2, 0.25) is 5.91 Å². The predicted molar refractivity (Wildman–Crippen MR) is 91.9 cm³/mol. The minimum atomic E-state index is -0.616. The lowest BCUT2D eigenvalue weighted by atomic mass is 9.90. The summed E-state index contributed by atoms with van der Waals surface area (Å²) in [6.07, 6.45) is 4.61. The van der Waals surface area contributed by atoms with E-state index in [1.165, 1.54) is 12.5 Å². The topological polar surface area (TPSA) is 75.7 Å². The molecule has 1 aliphatic heterocycles. The zero-order valence-electron chi connectivity index (χ0n) is 14.8. The van der Waals surface area contributed by atoms with Crippen LogP contribution in [0.2, 0.25) is 0 Å². The zero-order valence-corrected chi connectivity index (χ0v) is 14.8. The van der Waals surface area contributed by atoms with Gasteiger partial charge in [0.15, 0.2) is 0 Å². The van der Waals surface area contributed by atoms with Crippen LogP contribution in [0.1, 0.15) is 54.6 Å². The minimum Gasteiger partial charge on any atom is -0.472 e. The summed E-state index contributed by atoms with van der Waals surface area (Å²) in [4.78, 5) is 26.9. The molecule has 0 spiro atoms. The van der Waals surface area contributed by atoms with E-state index in [1.54, 1.807) is 13.0 Å². The summed E-state index contributed by atoms with van der Waals surface area (Å²) in [6, 6.07) is 4.73. The van der Waals surface area contributed by atoms with Gasteiger partial charge in [0.1, 0.15) is 23.8 Å². The molecule has 0 aliphatic carbocycles. The Balaban J connectivity index is 1.73. The minimum absolute atomic E-state index is 0.0850. The van der Waals surface area contributed by atoms with Crippen LogP contribution < -0.4 is 5.32 Å². The van der Waals surface area contributed by atoms with E-state index in [2.05, 4.69) is 12.2 Å². The van der Waals surface area contributed by atoms with E-state index in [9.17, 15) is 9.59 Å². The molecule has 3 heterocycles. The summed E-state index contributed by atoms with van der Waals surface area (Å²) in [5, 5.41) is 2.75. The van der Waals surface area contributed by atoms with Gasteiger partial charge < -0.3 is 19.1 Å². The molecule has 2 aromatic heterocycles. The van der Waals surface area contributed by atoms with Crippen LogP contribution in [0.25, 0.3) is 0 Å². The Kier molecular flexibility index (Phi) is 4.97. The quantitative estimate of drug-likeness (QED) is 0.923. The molecule has 0 aromatic carbocycles. The van der Waals surface area contributed by atoms with Crippen molar-refractivity contribution in [3.63, 3.8) is 0 Å². The van der Waals surface area contributed by atoms with Crippen molar-refractivity contribution in [2.75, 3.05) is 6.54 Å². The van der Waals surface area contributed by atoms with Crippen LogP contribution in [0.5, 0.6) is 0 Å². The third kappa shape index (κ3) is 3.78. The molecule has 3 atom stereocenters. The highest BCUT2D eigenvalue weighted by Gasteiger charge is 2.35. The first kappa shape index (κ1) is 17.3. The first-order valence-electron chi connectivity index (χ1n) is 8.65. The average molecular weight is 344 g/mol. The van der Waals surface area contributed by atoms with Crippen LogP contribution in [0.3, 0.4) is 0 Å². The van der Waals surface area contributed by atoms with Crippen molar-refractivity contribution < 1.29 is 18.4 Å². The highest BCUT2D eigenvalue weighted by Crippen LogP contribution is 2.35. The van der Waals surface area contributed by atoms with Gasteiger partial charge >= 0.3 is 0 Å². The Morgan fingerprint density at radius 1 is 1.32 bits per heavy atom. The van der Waals surface area contributed by atoms with Crippen molar-refractivity contribution in [1.29, 1.82) is 0 Å². The van der Waals surface area contributed by atoms with Crippen LogP contribution in [0, 0.1) is 12.8 Å². The van der Waals surface area contributed by atoms with E-state index in [-0.39, 0.29) is 17.9 Å². The molecule has 1 saturated heterocycles. The number of piperidine rings is 1. The van der Waals surface area contributed by atoms with Crippen molar-refractivity contribution in [2.24, 2.45) is 5.92 Å². The largest absolute Gasteiger partial charge is 0.472 e. The molecular weight excluding hydrogens is 320 g/mol. The third-order valence-electron chi connectivity index (χ3n) is 4.74. The smallest absolute Gasteiger partial charge is 0.255 e. The molecule has 0 bridgehead atoms. The van der Waals surface area contributed by atoms with Crippen LogP contribution >= 0.6 is 0 Å². The van der Waals surface area contributed by atoms with Gasteiger partial charge in [0.25, 0.3) is 5.91 Å². The number of nitrogens with one attached hydrogen (secondary N) is 1. The second kappa shape index (κ2) is 7.17. The fourth-order valence-electron chi connectivity index (χ4n) is 3.29. The number of likely N-dealkylation sites (tertiary alicyclic amines) is 1. The number of carbonyl (C=O) groups is 2. The van der Waals surface area contributed by atoms with Crippen LogP contribution in [-0.4, -0.2) is 29.3 Å². The number of hydrogen-bond donors (Lipinski definition) is 1. The SMILES string of the molecule is Cc1ccc([C@@H]2C[C@H](C)CCN2C(=O)[C@H](C)NC(=O)c2ccoc2)o1. The van der Waals surface area contributed by atoms with E-state index < -0.39 is 6.04 Å². The highest BCUT2D eigenvalue weighted by molar-refractivity contribution is 5.97. The van der Waals surface area contributed by atoms with E-state index in [0.717, 1.165) is 24.4 Å². The molecule has 25 heavy (non-hydrogen) atoms. The molecule has 1 aliphatic rings. The van der Waals surface area contributed by atoms with Gasteiger partial charge in [-0.2, -0.15) is 0 Å². The van der Waals surface area contributed by atoms with Crippen molar-refractivity contribution in [2.45, 2.75) is 45.7 Å². The first-order chi connectivity index (χ1) is 12.0. The molecule has 134 valence electrons. The number of aryl methyl sites for hydroxylation is 1. The molecule has 0 unspecified atom stereocenters. The predicted octanol–water partition coefficient (Wildman–Crippen LogP) is 3.30. The molecule has 3 rings (SSSR count). The van der Waals surface area contributed by atoms with Gasteiger partial charge in [-0.15, -0.1) is 0 Å². The summed E-state index contributed by atoms with van der Waals surface area (Å²) in [5.41, 5.74) is 0.408. The number of hydrogen-bond acceptors (Lipinski definition) is 4. The molecule has 6 nitrogen and oxygen atoms in total. The fraction of sp³-hybridized carbons (Fsp3) is 0.474. The second-order valence-corrected chi connectivity index (χ2v) is 6.83. The van der Waals surface area contributed by atoms with Gasteiger partial charge in [-0.25, -0.2) is 0 Å². The lowest BCUT2D eigenvalue weighted by molar-refractivity contribution is -0.138. The van der Waals surface area contributed by atoms with Crippen molar-refractivity contribution >= 4 is 11.8 Å². The van der Waals surface area contributed by atoms with Crippen molar-refractivity contribution in [3.05, 3.63) is 47.8 Å². The normalized spacial score (nSPS) is 21.8. The van der Waals surface area contributed by atoms with Gasteiger partial charge in [-0.1, -0.05) is 6.92 Å². The Bertz CT molecular complexity index is 734. The third-order valence-corrected chi connectivity index (χ3v) is 4.74. The molecule has 1 N–H and O–H groups in total. The number of nitrogens with zero attached hydrogens (tertiary/aromatic N) is 1. The molecular formula is C19H24N2O4. The Morgan fingerprint density at radius 2 is 2.12 bits per heavy atom. The number of carbonyl (C=O) groups excluding carboxylic acids is 2. The lowest BCUT2D eigenvalue weighted by Gasteiger charge is -2.38. The Labute approximate surface area is 147 Å². The monoisotopic (exact) mass is 344 g/mol. The number of amides is 2. The standard InChI is InChI=1S/C19H24N2O4/c1-12-6-8-21(16(10-12)17-5-4-13(2)25-17)19(23)14(3)20-18(22)15-7-9-24-11-15/h4-5,7,9,11-12,14,16H,6,8,10H2,1-3H3,(H,20,22)/t12-,14+,16+/m1/s1. The average Bonchev–Trinajstić information content (AvgIpc) is 3.25. The van der Waals surface area contributed by atoms with Crippen LogP contribution in [-0.2, 0) is 4.79 Å². The molecule has 2 aromatic rings. The van der Waals surface area contributed by atoms with E-state index >= 15 is 0 Å². The van der Waals surface area contributed by atoms with Crippen molar-refractivity contribution in [1.82, 2.24) is 10.2 Å². The van der Waals surface area contributed by atoms with Gasteiger partial charge in [-0.05, 0) is 50.8 Å². The summed E-state index contributed by atoms with van der Waals surface area (Å²) in [6.45, 7) is 6.46. The van der Waals surface area contributed by atoms with Crippen LogP contribution in [0.15, 0.2) is 39.6 Å². The first-order valence-corrected chi connectivity index (χ1v) is 8.65.